The van der Waals surface area contributed by atoms with Crippen LogP contribution in [0.2, 0.25) is 0 Å². The van der Waals surface area contributed by atoms with Crippen molar-refractivity contribution in [1.29, 1.82) is 0 Å². The molecule has 0 nitrogen and oxygen atoms in total. The molecule has 0 saturated heterocycles. The molecule has 0 aliphatic heterocycles. The van der Waals surface area contributed by atoms with Crippen molar-refractivity contribution in [2.75, 3.05) is 0 Å². The van der Waals surface area contributed by atoms with Gasteiger partial charge in [0.15, 0.2) is 0 Å². The highest BCUT2D eigenvalue weighted by Crippen LogP contribution is 2.55. The normalized spacial score (nSPS) is 15.2. The predicted octanol–water partition coefficient (Wildman–Crippen LogP) is 18.7. The van der Waals surface area contributed by atoms with Gasteiger partial charge in [0.05, 0.1) is 0 Å². The van der Waals surface area contributed by atoms with Gasteiger partial charge < -0.3 is 0 Å². The van der Waals surface area contributed by atoms with Gasteiger partial charge in [0, 0.05) is 16.2 Å². The summed E-state index contributed by atoms with van der Waals surface area (Å²) in [5.41, 5.74) is 26.3. The van der Waals surface area contributed by atoms with Gasteiger partial charge >= 0.3 is 0 Å². The van der Waals surface area contributed by atoms with E-state index in [1.807, 2.05) is 0 Å². The molecule has 0 spiro atoms. The predicted molar refractivity (Wildman–Crippen MR) is 293 cm³/mol. The minimum absolute atomic E-state index is 0.0424. The van der Waals surface area contributed by atoms with Crippen LogP contribution in [0.3, 0.4) is 0 Å². The molecule has 69 heavy (non-hydrogen) atoms. The van der Waals surface area contributed by atoms with E-state index in [2.05, 4.69) is 248 Å². The van der Waals surface area contributed by atoms with E-state index in [-0.39, 0.29) is 16.2 Å². The van der Waals surface area contributed by atoms with Crippen LogP contribution < -0.4 is 0 Å². The first-order valence-electron chi connectivity index (χ1n) is 24.7. The quantitative estimate of drug-likeness (QED) is 0.155. The lowest BCUT2D eigenvalue weighted by atomic mass is 9.79. The number of hydrogen-bond acceptors (Lipinski definition) is 0. The Morgan fingerprint density at radius 1 is 0.217 bits per heavy atom. The summed E-state index contributed by atoms with van der Waals surface area (Å²) < 4.78 is 0. The Morgan fingerprint density at radius 3 is 1.10 bits per heavy atom. The molecule has 11 aromatic rings. The monoisotopic (exact) mass is 880 g/mol. The fourth-order valence-electron chi connectivity index (χ4n) is 13.3. The van der Waals surface area contributed by atoms with Gasteiger partial charge in [-0.05, 0) is 174 Å². The fourth-order valence-corrected chi connectivity index (χ4v) is 13.3. The van der Waals surface area contributed by atoms with Crippen LogP contribution >= 0.6 is 0 Å². The third-order valence-electron chi connectivity index (χ3n) is 16.9. The van der Waals surface area contributed by atoms with Gasteiger partial charge in [-0.2, -0.15) is 0 Å². The van der Waals surface area contributed by atoms with Crippen LogP contribution in [0.15, 0.2) is 206 Å². The lowest BCUT2D eigenvalue weighted by Gasteiger charge is -2.24. The maximum atomic E-state index is 2.53. The van der Waals surface area contributed by atoms with E-state index < -0.39 is 0 Å². The molecular formula is C69H52. The zero-order chi connectivity index (χ0) is 46.6. The number of rotatable bonds is 4. The largest absolute Gasteiger partial charge is 0.0619 e. The number of benzene rings is 11. The Kier molecular flexibility index (Phi) is 8.25. The summed E-state index contributed by atoms with van der Waals surface area (Å²) in [5, 5.41) is 7.62. The molecule has 3 aliphatic carbocycles. The van der Waals surface area contributed by atoms with Crippen LogP contribution in [-0.2, 0) is 16.2 Å². The van der Waals surface area contributed by atoms with E-state index in [1.54, 1.807) is 0 Å². The van der Waals surface area contributed by atoms with Crippen molar-refractivity contribution in [2.45, 2.75) is 57.8 Å². The highest BCUT2D eigenvalue weighted by atomic mass is 14.4. The zero-order valence-electron chi connectivity index (χ0n) is 40.1. The molecular weight excluding hydrogens is 829 g/mol. The first kappa shape index (κ1) is 40.3. The molecule has 328 valence electrons. The molecule has 0 unspecified atom stereocenters. The molecule has 14 rings (SSSR count). The van der Waals surface area contributed by atoms with Gasteiger partial charge in [-0.1, -0.05) is 217 Å². The smallest absolute Gasteiger partial charge is 0.0159 e. The lowest BCUT2D eigenvalue weighted by molar-refractivity contribution is 0.659. The maximum Gasteiger partial charge on any atom is 0.0159 e. The summed E-state index contributed by atoms with van der Waals surface area (Å²) in [5.74, 6) is 0. The Hall–Kier alpha value is -7.80. The van der Waals surface area contributed by atoms with Crippen LogP contribution in [0, 0.1) is 0 Å². The van der Waals surface area contributed by atoms with Crippen molar-refractivity contribution >= 4 is 32.3 Å². The number of fused-ring (bicyclic) bond motifs is 12. The Bertz CT molecular complexity index is 4030. The highest BCUT2D eigenvalue weighted by Gasteiger charge is 2.39. The van der Waals surface area contributed by atoms with Crippen molar-refractivity contribution in [3.63, 3.8) is 0 Å². The van der Waals surface area contributed by atoms with Gasteiger partial charge in [-0.25, -0.2) is 0 Å². The van der Waals surface area contributed by atoms with E-state index in [9.17, 15) is 0 Å². The van der Waals surface area contributed by atoms with Crippen LogP contribution in [0.1, 0.15) is 74.9 Å². The SMILES string of the molecule is CC1(C)c2ccccc2-c2ccc(-c3ccc4c(c3)C(C)(C)c3cc(-c5c6ccccc6c(-c6ccc7c(c6)C(C)(C)c6ccccc6-7)c6cc(-c7cccc8ccccc78)ccc56)ccc3-4)cc21. The van der Waals surface area contributed by atoms with Crippen LogP contribution in [-0.4, -0.2) is 0 Å². The molecule has 0 aromatic heterocycles. The second-order valence-electron chi connectivity index (χ2n) is 21.6. The average molecular weight is 881 g/mol. The summed E-state index contributed by atoms with van der Waals surface area (Å²) in [4.78, 5) is 0. The summed E-state index contributed by atoms with van der Waals surface area (Å²) in [6.07, 6.45) is 0. The first-order valence-corrected chi connectivity index (χ1v) is 24.7. The Morgan fingerprint density at radius 2 is 0.565 bits per heavy atom. The summed E-state index contributed by atoms with van der Waals surface area (Å²) >= 11 is 0. The minimum Gasteiger partial charge on any atom is -0.0619 e. The van der Waals surface area contributed by atoms with E-state index >= 15 is 0 Å². The third kappa shape index (κ3) is 5.58. The van der Waals surface area contributed by atoms with E-state index in [4.69, 9.17) is 0 Å². The zero-order valence-corrected chi connectivity index (χ0v) is 40.1. The third-order valence-corrected chi connectivity index (χ3v) is 16.9. The lowest BCUT2D eigenvalue weighted by Crippen LogP contribution is -2.15. The summed E-state index contributed by atoms with van der Waals surface area (Å²) in [7, 11) is 0. The van der Waals surface area contributed by atoms with Gasteiger partial charge in [0.1, 0.15) is 0 Å². The van der Waals surface area contributed by atoms with E-state index in [0.717, 1.165) is 0 Å². The summed E-state index contributed by atoms with van der Waals surface area (Å²) in [6.45, 7) is 14.4. The highest BCUT2D eigenvalue weighted by molar-refractivity contribution is 6.22. The van der Waals surface area contributed by atoms with Crippen molar-refractivity contribution in [1.82, 2.24) is 0 Å². The Labute approximate surface area is 405 Å². The van der Waals surface area contributed by atoms with Crippen molar-refractivity contribution in [3.05, 3.63) is 240 Å². The molecule has 0 atom stereocenters. The Balaban J connectivity index is 0.948. The molecule has 0 bridgehead atoms. The molecule has 11 aromatic carbocycles. The van der Waals surface area contributed by atoms with Gasteiger partial charge in [0.2, 0.25) is 0 Å². The molecule has 0 fully saturated rings. The molecule has 0 saturated carbocycles. The second-order valence-corrected chi connectivity index (χ2v) is 21.6. The molecule has 0 radical (unpaired) electrons. The van der Waals surface area contributed by atoms with Crippen molar-refractivity contribution in [3.8, 4) is 77.9 Å². The van der Waals surface area contributed by atoms with Gasteiger partial charge in [0.25, 0.3) is 0 Å². The van der Waals surface area contributed by atoms with Crippen LogP contribution in [0.25, 0.3) is 110 Å². The van der Waals surface area contributed by atoms with Gasteiger partial charge in [-0.15, -0.1) is 0 Å². The molecule has 0 N–H and O–H groups in total. The standard InChI is InChI=1S/C69H52/c1-67(2)59-24-13-11-19-49(59)51-31-26-42(37-61(51)67)43-27-32-53-54-34-29-45(39-64(54)69(5,6)62(53)38-43)65-55-21-9-10-22-56(55)66(46-30-33-52-50-20-12-14-25-60(50)68(3,4)63(52)40-46)58-36-44(28-35-57(58)65)48-23-15-17-41-16-7-8-18-47(41)48/h7-40H,1-6H3. The minimum atomic E-state index is -0.204. The molecule has 0 amide bonds. The van der Waals surface area contributed by atoms with Gasteiger partial charge in [-0.3, -0.25) is 0 Å². The second kappa shape index (κ2) is 14.1. The van der Waals surface area contributed by atoms with E-state index in [1.165, 1.54) is 144 Å². The number of hydrogen-bond donors (Lipinski definition) is 0. The molecule has 0 heteroatoms. The van der Waals surface area contributed by atoms with Crippen LogP contribution in [0.5, 0.6) is 0 Å². The first-order chi connectivity index (χ1) is 33.5. The molecule has 3 aliphatic rings. The van der Waals surface area contributed by atoms with Crippen molar-refractivity contribution < 1.29 is 0 Å². The van der Waals surface area contributed by atoms with Crippen molar-refractivity contribution in [2.24, 2.45) is 0 Å². The van der Waals surface area contributed by atoms with Crippen LogP contribution in [0.4, 0.5) is 0 Å². The topological polar surface area (TPSA) is 0 Å². The molecule has 0 heterocycles. The fraction of sp³-hybridized carbons (Fsp3) is 0.130. The van der Waals surface area contributed by atoms with E-state index in [0.29, 0.717) is 0 Å². The maximum absolute atomic E-state index is 2.53. The average Bonchev–Trinajstić information content (AvgIpc) is 3.86. The summed E-state index contributed by atoms with van der Waals surface area (Å²) in [6, 6.07) is 78.8.